The maximum Gasteiger partial charge on any atom is 0.312 e. The number of aromatic nitrogens is 2. The van der Waals surface area contributed by atoms with Gasteiger partial charge >= 0.3 is 6.03 Å². The zero-order chi connectivity index (χ0) is 17.8. The molecule has 0 aliphatic carbocycles. The van der Waals surface area contributed by atoms with Gasteiger partial charge in [-0.3, -0.25) is 4.79 Å². The van der Waals surface area contributed by atoms with Crippen LogP contribution in [0.15, 0.2) is 6.07 Å². The number of nitrogens with one attached hydrogen (secondary N) is 1. The largest absolute Gasteiger partial charge is 0.357 e. The highest BCUT2D eigenvalue weighted by Gasteiger charge is 2.27. The molecule has 0 radical (unpaired) electrons. The van der Waals surface area contributed by atoms with Crippen molar-refractivity contribution in [1.29, 1.82) is 0 Å². The van der Waals surface area contributed by atoms with Gasteiger partial charge in [-0.1, -0.05) is 0 Å². The number of aryl methyl sites for hydroxylation is 1. The molecule has 0 bridgehead atoms. The molecule has 0 saturated carbocycles. The molecule has 3 N–H and O–H groups in total. The van der Waals surface area contributed by atoms with Gasteiger partial charge in [0.15, 0.2) is 0 Å². The lowest BCUT2D eigenvalue weighted by atomic mass is 9.94. The normalized spacial score (nSPS) is 20.6. The molecule has 8 nitrogen and oxygen atoms in total. The van der Waals surface area contributed by atoms with Crippen molar-refractivity contribution in [3.05, 3.63) is 17.6 Å². The summed E-state index contributed by atoms with van der Waals surface area (Å²) in [4.78, 5) is 36.3. The number of carbonyl (C=O) groups excluding carboxylic acids is 2. The minimum atomic E-state index is -0.677. The molecule has 0 spiro atoms. The fraction of sp³-hybridized carbons (Fsp3) is 0.647. The SMILES string of the molecule is Cc1nc([C@@H]2CCCN(C(=O)CNC(N)=O)C2)cc(N2CCCC2)n1. The molecule has 1 aromatic rings. The number of carbonyl (C=O) groups is 2. The highest BCUT2D eigenvalue weighted by Crippen LogP contribution is 2.28. The highest BCUT2D eigenvalue weighted by molar-refractivity contribution is 5.83. The summed E-state index contributed by atoms with van der Waals surface area (Å²) in [5, 5.41) is 2.37. The lowest BCUT2D eigenvalue weighted by Crippen LogP contribution is -2.45. The number of nitrogens with zero attached hydrogens (tertiary/aromatic N) is 4. The molecule has 3 amide bonds. The van der Waals surface area contributed by atoms with Crippen LogP contribution in [0.2, 0.25) is 0 Å². The van der Waals surface area contributed by atoms with Gasteiger partial charge in [-0.05, 0) is 32.6 Å². The van der Waals surface area contributed by atoms with Crippen molar-refractivity contribution >= 4 is 17.8 Å². The maximum atomic E-state index is 12.2. The van der Waals surface area contributed by atoms with Crippen LogP contribution in [0, 0.1) is 6.92 Å². The van der Waals surface area contributed by atoms with Gasteiger partial charge in [-0.2, -0.15) is 0 Å². The second-order valence-electron chi connectivity index (χ2n) is 6.79. The summed E-state index contributed by atoms with van der Waals surface area (Å²) in [6, 6.07) is 1.40. The van der Waals surface area contributed by atoms with Gasteiger partial charge in [0.25, 0.3) is 0 Å². The average molecular weight is 346 g/mol. The summed E-state index contributed by atoms with van der Waals surface area (Å²) in [7, 11) is 0. The lowest BCUT2D eigenvalue weighted by Gasteiger charge is -2.33. The molecular formula is C17H26N6O2. The van der Waals surface area contributed by atoms with Crippen LogP contribution in [0.4, 0.5) is 10.6 Å². The minimum Gasteiger partial charge on any atom is -0.357 e. The Balaban J connectivity index is 1.70. The number of amides is 3. The summed E-state index contributed by atoms with van der Waals surface area (Å²) < 4.78 is 0. The Morgan fingerprint density at radius 1 is 1.24 bits per heavy atom. The molecular weight excluding hydrogens is 320 g/mol. The molecule has 2 saturated heterocycles. The number of nitrogens with two attached hydrogens (primary N) is 1. The van der Waals surface area contributed by atoms with E-state index in [2.05, 4.69) is 26.3 Å². The van der Waals surface area contributed by atoms with Crippen molar-refractivity contribution in [2.75, 3.05) is 37.6 Å². The van der Waals surface area contributed by atoms with E-state index < -0.39 is 6.03 Å². The summed E-state index contributed by atoms with van der Waals surface area (Å²) >= 11 is 0. The third-order valence-electron chi connectivity index (χ3n) is 4.88. The average Bonchev–Trinajstić information content (AvgIpc) is 3.14. The molecule has 3 rings (SSSR count). The standard InChI is InChI=1S/C17H26N6O2/c1-12-20-14(9-15(21-12)22-6-2-3-7-22)13-5-4-8-23(11-13)16(24)10-19-17(18)25/h9,13H,2-8,10-11H2,1H3,(H3,18,19,25)/t13-/m1/s1. The number of hydrogen-bond donors (Lipinski definition) is 2. The Labute approximate surface area is 147 Å². The summed E-state index contributed by atoms with van der Waals surface area (Å²) in [6.07, 6.45) is 4.34. The van der Waals surface area contributed by atoms with Gasteiger partial charge in [0.05, 0.1) is 12.2 Å². The Bertz CT molecular complexity index is 644. The maximum absolute atomic E-state index is 12.2. The smallest absolute Gasteiger partial charge is 0.312 e. The molecule has 136 valence electrons. The van der Waals surface area contributed by atoms with Crippen molar-refractivity contribution in [3.63, 3.8) is 0 Å². The van der Waals surface area contributed by atoms with Gasteiger partial charge < -0.3 is 20.9 Å². The molecule has 2 fully saturated rings. The van der Waals surface area contributed by atoms with Gasteiger partial charge in [0, 0.05) is 38.2 Å². The summed E-state index contributed by atoms with van der Waals surface area (Å²) in [5.41, 5.74) is 6.05. The topological polar surface area (TPSA) is 104 Å². The lowest BCUT2D eigenvalue weighted by molar-refractivity contribution is -0.131. The van der Waals surface area contributed by atoms with Crippen LogP contribution in [0.25, 0.3) is 0 Å². The number of primary amides is 1. The fourth-order valence-corrected chi connectivity index (χ4v) is 3.61. The molecule has 1 atom stereocenters. The van der Waals surface area contributed by atoms with Crippen LogP contribution >= 0.6 is 0 Å². The second-order valence-corrected chi connectivity index (χ2v) is 6.79. The molecule has 0 aromatic carbocycles. The first kappa shape index (κ1) is 17.4. The van der Waals surface area contributed by atoms with E-state index in [9.17, 15) is 9.59 Å². The molecule has 2 aliphatic rings. The monoisotopic (exact) mass is 346 g/mol. The Morgan fingerprint density at radius 3 is 2.72 bits per heavy atom. The first-order valence-corrected chi connectivity index (χ1v) is 8.94. The van der Waals surface area contributed by atoms with Crippen LogP contribution in [0.3, 0.4) is 0 Å². The van der Waals surface area contributed by atoms with E-state index in [1.165, 1.54) is 12.8 Å². The molecule has 1 aromatic heterocycles. The van der Waals surface area contributed by atoms with E-state index in [-0.39, 0.29) is 18.4 Å². The number of anilines is 1. The molecule has 3 heterocycles. The van der Waals surface area contributed by atoms with Gasteiger partial charge in [0.2, 0.25) is 5.91 Å². The van der Waals surface area contributed by atoms with E-state index in [0.717, 1.165) is 43.3 Å². The zero-order valence-electron chi connectivity index (χ0n) is 14.7. The summed E-state index contributed by atoms with van der Waals surface area (Å²) in [5.74, 6) is 1.88. The van der Waals surface area contributed by atoms with E-state index in [4.69, 9.17) is 5.73 Å². The van der Waals surface area contributed by atoms with Crippen molar-refractivity contribution in [2.24, 2.45) is 5.73 Å². The molecule has 8 heteroatoms. The van der Waals surface area contributed by atoms with E-state index in [0.29, 0.717) is 13.1 Å². The highest BCUT2D eigenvalue weighted by atomic mass is 16.2. The first-order chi connectivity index (χ1) is 12.0. The van der Waals surface area contributed by atoms with E-state index in [1.807, 2.05) is 6.92 Å². The van der Waals surface area contributed by atoms with Crippen molar-refractivity contribution in [1.82, 2.24) is 20.2 Å². The predicted molar refractivity (Wildman–Crippen MR) is 94.4 cm³/mol. The predicted octanol–water partition coefficient (Wildman–Crippen LogP) is 0.760. The van der Waals surface area contributed by atoms with Crippen molar-refractivity contribution in [2.45, 2.75) is 38.5 Å². The Morgan fingerprint density at radius 2 is 2.00 bits per heavy atom. The third kappa shape index (κ3) is 4.37. The first-order valence-electron chi connectivity index (χ1n) is 8.94. The van der Waals surface area contributed by atoms with Crippen LogP contribution in [-0.2, 0) is 4.79 Å². The fourth-order valence-electron chi connectivity index (χ4n) is 3.61. The number of rotatable bonds is 4. The Hall–Kier alpha value is -2.38. The van der Waals surface area contributed by atoms with Crippen molar-refractivity contribution < 1.29 is 9.59 Å². The van der Waals surface area contributed by atoms with E-state index >= 15 is 0 Å². The zero-order valence-corrected chi connectivity index (χ0v) is 14.7. The second kappa shape index (κ2) is 7.67. The van der Waals surface area contributed by atoms with Crippen LogP contribution in [0.1, 0.15) is 43.1 Å². The molecule has 0 unspecified atom stereocenters. The van der Waals surface area contributed by atoms with Crippen molar-refractivity contribution in [3.8, 4) is 0 Å². The van der Waals surface area contributed by atoms with Crippen LogP contribution < -0.4 is 16.0 Å². The van der Waals surface area contributed by atoms with Gasteiger partial charge in [-0.15, -0.1) is 0 Å². The summed E-state index contributed by atoms with van der Waals surface area (Å²) in [6.45, 7) is 5.29. The minimum absolute atomic E-state index is 0.0517. The van der Waals surface area contributed by atoms with Gasteiger partial charge in [0.1, 0.15) is 11.6 Å². The van der Waals surface area contributed by atoms with E-state index in [1.54, 1.807) is 4.90 Å². The molecule has 25 heavy (non-hydrogen) atoms. The number of piperidine rings is 1. The number of hydrogen-bond acceptors (Lipinski definition) is 5. The van der Waals surface area contributed by atoms with Gasteiger partial charge in [-0.25, -0.2) is 14.8 Å². The number of urea groups is 1. The quantitative estimate of drug-likeness (QED) is 0.837. The molecule has 2 aliphatic heterocycles. The Kier molecular flexibility index (Phi) is 5.35. The number of likely N-dealkylation sites (tertiary alicyclic amines) is 1. The van der Waals surface area contributed by atoms with Crippen LogP contribution in [-0.4, -0.2) is 59.5 Å². The third-order valence-corrected chi connectivity index (χ3v) is 4.88. The van der Waals surface area contributed by atoms with Crippen LogP contribution in [0.5, 0.6) is 0 Å².